The maximum atomic E-state index is 12.0. The highest BCUT2D eigenvalue weighted by Crippen LogP contribution is 2.26. The Morgan fingerprint density at radius 3 is 2.26 bits per heavy atom. The number of nitrogens with zero attached hydrogens (tertiary/aromatic N) is 2. The van der Waals surface area contributed by atoms with Crippen molar-refractivity contribution in [2.24, 2.45) is 5.92 Å². The molecule has 1 N–H and O–H groups in total. The van der Waals surface area contributed by atoms with E-state index in [9.17, 15) is 23.3 Å². The van der Waals surface area contributed by atoms with Crippen LogP contribution in [0.15, 0.2) is 29.2 Å². The molecule has 1 aromatic rings. The summed E-state index contributed by atoms with van der Waals surface area (Å²) in [6, 6.07) is 4.48. The third-order valence-electron chi connectivity index (χ3n) is 2.88. The van der Waals surface area contributed by atoms with Gasteiger partial charge >= 0.3 is 5.97 Å². The highest BCUT2D eigenvalue weighted by Gasteiger charge is 2.40. The zero-order valence-corrected chi connectivity index (χ0v) is 10.4. The van der Waals surface area contributed by atoms with Crippen LogP contribution in [0, 0.1) is 16.0 Å². The molecule has 2 rings (SSSR count). The van der Waals surface area contributed by atoms with E-state index in [0.717, 1.165) is 28.6 Å². The van der Waals surface area contributed by atoms with Crippen LogP contribution >= 0.6 is 0 Å². The van der Waals surface area contributed by atoms with Gasteiger partial charge in [0, 0.05) is 25.2 Å². The minimum Gasteiger partial charge on any atom is -0.481 e. The van der Waals surface area contributed by atoms with Gasteiger partial charge in [-0.15, -0.1) is 0 Å². The van der Waals surface area contributed by atoms with E-state index in [-0.39, 0.29) is 23.7 Å². The molecule has 1 fully saturated rings. The van der Waals surface area contributed by atoms with E-state index in [1.807, 2.05) is 0 Å². The van der Waals surface area contributed by atoms with Gasteiger partial charge in [-0.25, -0.2) is 8.42 Å². The van der Waals surface area contributed by atoms with Crippen LogP contribution in [0.4, 0.5) is 5.69 Å². The summed E-state index contributed by atoms with van der Waals surface area (Å²) < 4.78 is 25.1. The van der Waals surface area contributed by atoms with E-state index in [2.05, 4.69) is 0 Å². The second-order valence-electron chi connectivity index (χ2n) is 4.11. The van der Waals surface area contributed by atoms with Crippen LogP contribution in [0.5, 0.6) is 0 Å². The molecular formula is C10H10N2O6S. The van der Waals surface area contributed by atoms with Crippen molar-refractivity contribution in [1.82, 2.24) is 4.31 Å². The topological polar surface area (TPSA) is 118 Å². The molecule has 1 aliphatic heterocycles. The molecule has 1 aliphatic rings. The fourth-order valence-corrected chi connectivity index (χ4v) is 3.21. The number of nitro groups is 1. The number of non-ortho nitro benzene ring substituents is 1. The number of benzene rings is 1. The van der Waals surface area contributed by atoms with Gasteiger partial charge in [-0.05, 0) is 12.1 Å². The average molecular weight is 286 g/mol. The predicted octanol–water partition coefficient (Wildman–Crippen LogP) is 0.300. The lowest BCUT2D eigenvalue weighted by atomic mass is 10.0. The Morgan fingerprint density at radius 1 is 1.32 bits per heavy atom. The lowest BCUT2D eigenvalue weighted by Gasteiger charge is -2.35. The zero-order chi connectivity index (χ0) is 14.2. The Labute approximate surface area is 108 Å². The number of hydrogen-bond acceptors (Lipinski definition) is 5. The number of hydrogen-bond donors (Lipinski definition) is 1. The van der Waals surface area contributed by atoms with Gasteiger partial charge in [-0.3, -0.25) is 14.9 Å². The van der Waals surface area contributed by atoms with Gasteiger partial charge in [0.2, 0.25) is 10.0 Å². The Morgan fingerprint density at radius 2 is 1.84 bits per heavy atom. The van der Waals surface area contributed by atoms with Crippen molar-refractivity contribution in [3.8, 4) is 0 Å². The molecule has 0 atom stereocenters. The first-order chi connectivity index (χ1) is 8.82. The molecular weight excluding hydrogens is 276 g/mol. The average Bonchev–Trinajstić information content (AvgIpc) is 2.26. The minimum atomic E-state index is -3.76. The number of rotatable bonds is 4. The molecule has 0 radical (unpaired) electrons. The second-order valence-corrected chi connectivity index (χ2v) is 6.05. The summed E-state index contributed by atoms with van der Waals surface area (Å²) in [4.78, 5) is 20.4. The Kier molecular flexibility index (Phi) is 3.25. The first kappa shape index (κ1) is 13.4. The largest absolute Gasteiger partial charge is 0.481 e. The van der Waals surface area contributed by atoms with Crippen LogP contribution in [0.25, 0.3) is 0 Å². The smallest absolute Gasteiger partial charge is 0.309 e. The highest BCUT2D eigenvalue weighted by molar-refractivity contribution is 7.89. The fourth-order valence-electron chi connectivity index (χ4n) is 1.68. The standard InChI is InChI=1S/C10H10N2O6S/c13-10(14)7-5-11(6-7)19(17,18)9-3-1-8(2-4-9)12(15)16/h1-4,7H,5-6H2,(H,13,14). The van der Waals surface area contributed by atoms with Gasteiger partial charge in [0.15, 0.2) is 0 Å². The van der Waals surface area contributed by atoms with Gasteiger partial charge in [0.05, 0.1) is 15.7 Å². The zero-order valence-electron chi connectivity index (χ0n) is 9.59. The van der Waals surface area contributed by atoms with Crippen LogP contribution in [0.2, 0.25) is 0 Å². The molecule has 1 heterocycles. The van der Waals surface area contributed by atoms with Crippen molar-refractivity contribution in [2.45, 2.75) is 4.90 Å². The number of carbonyl (C=O) groups is 1. The van der Waals surface area contributed by atoms with Crippen LogP contribution in [-0.4, -0.2) is 41.8 Å². The lowest BCUT2D eigenvalue weighted by molar-refractivity contribution is -0.384. The summed E-state index contributed by atoms with van der Waals surface area (Å²) in [5, 5.41) is 19.1. The van der Waals surface area contributed by atoms with E-state index in [1.165, 1.54) is 0 Å². The molecule has 9 heteroatoms. The van der Waals surface area contributed by atoms with E-state index in [4.69, 9.17) is 5.11 Å². The summed E-state index contributed by atoms with van der Waals surface area (Å²) in [5.41, 5.74) is -0.203. The van der Waals surface area contributed by atoms with E-state index in [1.54, 1.807) is 0 Å². The monoisotopic (exact) mass is 286 g/mol. The quantitative estimate of drug-likeness (QED) is 0.628. The molecule has 102 valence electrons. The molecule has 0 amide bonds. The van der Waals surface area contributed by atoms with E-state index < -0.39 is 26.8 Å². The van der Waals surface area contributed by atoms with Crippen LogP contribution in [0.3, 0.4) is 0 Å². The van der Waals surface area contributed by atoms with Crippen molar-refractivity contribution < 1.29 is 23.2 Å². The molecule has 1 aromatic carbocycles. The molecule has 8 nitrogen and oxygen atoms in total. The number of nitro benzene ring substituents is 1. The predicted molar refractivity (Wildman–Crippen MR) is 63.0 cm³/mol. The number of aliphatic carboxylic acids is 1. The SMILES string of the molecule is O=C(O)C1CN(S(=O)(=O)c2ccc([N+](=O)[O-])cc2)C1. The molecule has 0 saturated carbocycles. The lowest BCUT2D eigenvalue weighted by Crippen LogP contribution is -2.52. The molecule has 0 aliphatic carbocycles. The Bertz CT molecular complexity index is 618. The number of carboxylic acids is 1. The third kappa shape index (κ3) is 2.42. The van der Waals surface area contributed by atoms with Crippen molar-refractivity contribution >= 4 is 21.7 Å². The molecule has 0 bridgehead atoms. The van der Waals surface area contributed by atoms with E-state index in [0.29, 0.717) is 0 Å². The van der Waals surface area contributed by atoms with Crippen molar-refractivity contribution in [2.75, 3.05) is 13.1 Å². The summed E-state index contributed by atoms with van der Waals surface area (Å²) in [6.45, 7) is -0.149. The van der Waals surface area contributed by atoms with Crippen LogP contribution < -0.4 is 0 Å². The fraction of sp³-hybridized carbons (Fsp3) is 0.300. The molecule has 0 unspecified atom stereocenters. The Hall–Kier alpha value is -2.00. The normalized spacial score (nSPS) is 16.8. The van der Waals surface area contributed by atoms with E-state index >= 15 is 0 Å². The first-order valence-electron chi connectivity index (χ1n) is 5.30. The van der Waals surface area contributed by atoms with Gasteiger partial charge in [0.25, 0.3) is 5.69 Å². The van der Waals surface area contributed by atoms with Gasteiger partial charge < -0.3 is 5.11 Å². The van der Waals surface area contributed by atoms with Crippen molar-refractivity contribution in [3.63, 3.8) is 0 Å². The number of carboxylic acid groups (broad SMARTS) is 1. The van der Waals surface area contributed by atoms with Gasteiger partial charge in [-0.1, -0.05) is 0 Å². The van der Waals surface area contributed by atoms with Crippen LogP contribution in [0.1, 0.15) is 0 Å². The summed E-state index contributed by atoms with van der Waals surface area (Å²) in [5.74, 6) is -1.72. The molecule has 0 aromatic heterocycles. The summed E-state index contributed by atoms with van der Waals surface area (Å²) in [7, 11) is -3.76. The minimum absolute atomic E-state index is 0.0747. The van der Waals surface area contributed by atoms with Gasteiger partial charge in [-0.2, -0.15) is 4.31 Å². The van der Waals surface area contributed by atoms with Crippen LogP contribution in [-0.2, 0) is 14.8 Å². The third-order valence-corrected chi connectivity index (χ3v) is 4.73. The second kappa shape index (κ2) is 4.59. The van der Waals surface area contributed by atoms with Crippen molar-refractivity contribution in [1.29, 1.82) is 0 Å². The van der Waals surface area contributed by atoms with Crippen molar-refractivity contribution in [3.05, 3.63) is 34.4 Å². The molecule has 1 saturated heterocycles. The molecule has 0 spiro atoms. The number of sulfonamides is 1. The maximum absolute atomic E-state index is 12.0. The highest BCUT2D eigenvalue weighted by atomic mass is 32.2. The first-order valence-corrected chi connectivity index (χ1v) is 6.74. The summed E-state index contributed by atoms with van der Waals surface area (Å²) >= 11 is 0. The maximum Gasteiger partial charge on any atom is 0.309 e. The summed E-state index contributed by atoms with van der Waals surface area (Å²) in [6.07, 6.45) is 0. The Balaban J connectivity index is 2.17. The van der Waals surface area contributed by atoms with Gasteiger partial charge in [0.1, 0.15) is 0 Å². The molecule has 19 heavy (non-hydrogen) atoms.